The summed E-state index contributed by atoms with van der Waals surface area (Å²) in [5.41, 5.74) is 1.06. The highest BCUT2D eigenvalue weighted by Gasteiger charge is 2.09. The summed E-state index contributed by atoms with van der Waals surface area (Å²) in [6.45, 7) is 4.05. The molecule has 2 aromatic heterocycles. The Labute approximate surface area is 116 Å². The number of carbonyl (C=O) groups excluding carboxylic acids is 1. The molecule has 0 aromatic carbocycles. The van der Waals surface area contributed by atoms with E-state index in [1.807, 2.05) is 6.92 Å². The van der Waals surface area contributed by atoms with Crippen molar-refractivity contribution in [2.75, 3.05) is 0 Å². The average molecular weight is 279 g/mol. The number of thiazole rings is 1. The molecule has 0 atom stereocenters. The molecular formula is C14H17NOS2. The van der Waals surface area contributed by atoms with Gasteiger partial charge in [-0.25, -0.2) is 4.98 Å². The van der Waals surface area contributed by atoms with Crippen LogP contribution in [0, 0.1) is 13.8 Å². The average Bonchev–Trinajstić information content (AvgIpc) is 2.90. The predicted octanol–water partition coefficient (Wildman–Crippen LogP) is 3.96. The Morgan fingerprint density at radius 3 is 2.83 bits per heavy atom. The topological polar surface area (TPSA) is 30.0 Å². The fourth-order valence-electron chi connectivity index (χ4n) is 1.79. The molecule has 0 aliphatic heterocycles. The molecule has 2 aromatic rings. The molecule has 2 nitrogen and oxygen atoms in total. The molecule has 0 unspecified atom stereocenters. The fourth-order valence-corrected chi connectivity index (χ4v) is 3.50. The highest BCUT2D eigenvalue weighted by Crippen LogP contribution is 2.18. The van der Waals surface area contributed by atoms with Gasteiger partial charge < -0.3 is 0 Å². The molecule has 0 N–H and O–H groups in total. The summed E-state index contributed by atoms with van der Waals surface area (Å²) >= 11 is 3.41. The van der Waals surface area contributed by atoms with Crippen molar-refractivity contribution in [2.24, 2.45) is 0 Å². The molecule has 0 saturated carbocycles. The van der Waals surface area contributed by atoms with E-state index in [1.54, 1.807) is 22.7 Å². The van der Waals surface area contributed by atoms with Crippen LogP contribution in [0.2, 0.25) is 0 Å². The lowest BCUT2D eigenvalue weighted by Crippen LogP contribution is -2.02. The van der Waals surface area contributed by atoms with E-state index in [2.05, 4.69) is 29.4 Å². The third kappa shape index (κ3) is 3.75. The van der Waals surface area contributed by atoms with E-state index in [1.165, 1.54) is 9.75 Å². The molecule has 4 heteroatoms. The Bertz CT molecular complexity index is 494. The zero-order valence-electron chi connectivity index (χ0n) is 10.7. The summed E-state index contributed by atoms with van der Waals surface area (Å²) in [5.74, 6) is 0.306. The van der Waals surface area contributed by atoms with Gasteiger partial charge >= 0.3 is 0 Å². The Balaban J connectivity index is 1.75. The Morgan fingerprint density at radius 1 is 1.39 bits per heavy atom. The lowest BCUT2D eigenvalue weighted by molar-refractivity contribution is -0.118. The van der Waals surface area contributed by atoms with Gasteiger partial charge in [0.25, 0.3) is 0 Å². The smallest absolute Gasteiger partial charge is 0.139 e. The van der Waals surface area contributed by atoms with Gasteiger partial charge in [0, 0.05) is 16.2 Å². The SMILES string of the molecule is Cc1nc(CC(=O)CCCc2cccs2)sc1C. The van der Waals surface area contributed by atoms with Crippen LogP contribution in [-0.2, 0) is 17.6 Å². The molecule has 18 heavy (non-hydrogen) atoms. The Kier molecular flexibility index (Phi) is 4.66. The van der Waals surface area contributed by atoms with Gasteiger partial charge in [0.15, 0.2) is 0 Å². The molecule has 0 radical (unpaired) electrons. The molecule has 0 aliphatic carbocycles. The first-order valence-corrected chi connectivity index (χ1v) is 7.82. The fraction of sp³-hybridized carbons (Fsp3) is 0.429. The maximum absolute atomic E-state index is 11.8. The van der Waals surface area contributed by atoms with Crippen LogP contribution in [0.1, 0.15) is 33.3 Å². The number of hydrogen-bond donors (Lipinski definition) is 0. The molecule has 0 aliphatic rings. The minimum Gasteiger partial charge on any atom is -0.299 e. The van der Waals surface area contributed by atoms with Gasteiger partial charge in [0.2, 0.25) is 0 Å². The summed E-state index contributed by atoms with van der Waals surface area (Å²) in [5, 5.41) is 3.05. The van der Waals surface area contributed by atoms with Crippen LogP contribution in [-0.4, -0.2) is 10.8 Å². The van der Waals surface area contributed by atoms with Gasteiger partial charge in [0.1, 0.15) is 10.8 Å². The number of Topliss-reactive ketones (excluding diaryl/α,β-unsaturated/α-hetero) is 1. The lowest BCUT2D eigenvalue weighted by atomic mass is 10.1. The Morgan fingerprint density at radius 2 is 2.22 bits per heavy atom. The summed E-state index contributed by atoms with van der Waals surface area (Å²) in [7, 11) is 0. The number of thiophene rings is 1. The van der Waals surface area contributed by atoms with Crippen molar-refractivity contribution in [3.8, 4) is 0 Å². The van der Waals surface area contributed by atoms with E-state index in [0.29, 0.717) is 18.6 Å². The summed E-state index contributed by atoms with van der Waals surface area (Å²) < 4.78 is 0. The molecule has 0 fully saturated rings. The quantitative estimate of drug-likeness (QED) is 0.801. The standard InChI is InChI=1S/C14H17NOS2/c1-10-11(2)18-14(15-10)9-12(16)5-3-6-13-7-4-8-17-13/h4,7-8H,3,5-6,9H2,1-2H3. The monoisotopic (exact) mass is 279 g/mol. The zero-order chi connectivity index (χ0) is 13.0. The van der Waals surface area contributed by atoms with Gasteiger partial charge in [-0.3, -0.25) is 4.79 Å². The van der Waals surface area contributed by atoms with Gasteiger partial charge in [0.05, 0.1) is 12.1 Å². The van der Waals surface area contributed by atoms with Gasteiger partial charge in [-0.2, -0.15) is 0 Å². The lowest BCUT2D eigenvalue weighted by Gasteiger charge is -1.98. The second-order valence-electron chi connectivity index (χ2n) is 4.40. The third-order valence-corrected chi connectivity index (χ3v) is 4.89. The minimum atomic E-state index is 0.306. The van der Waals surface area contributed by atoms with Crippen LogP contribution < -0.4 is 0 Å². The van der Waals surface area contributed by atoms with Crippen LogP contribution in [0.3, 0.4) is 0 Å². The number of aryl methyl sites for hydroxylation is 3. The van der Waals surface area contributed by atoms with E-state index in [4.69, 9.17) is 0 Å². The molecule has 0 spiro atoms. The summed E-state index contributed by atoms with van der Waals surface area (Å²) in [4.78, 5) is 18.8. The van der Waals surface area contributed by atoms with Gasteiger partial charge in [-0.15, -0.1) is 22.7 Å². The highest BCUT2D eigenvalue weighted by atomic mass is 32.1. The first kappa shape index (κ1) is 13.4. The van der Waals surface area contributed by atoms with Crippen LogP contribution in [0.25, 0.3) is 0 Å². The summed E-state index contributed by atoms with van der Waals surface area (Å²) in [6, 6.07) is 4.19. The van der Waals surface area contributed by atoms with Crippen molar-refractivity contribution >= 4 is 28.5 Å². The van der Waals surface area contributed by atoms with Crippen molar-refractivity contribution in [1.29, 1.82) is 0 Å². The second kappa shape index (κ2) is 6.25. The number of nitrogens with zero attached hydrogens (tertiary/aromatic N) is 1. The number of carbonyl (C=O) groups is 1. The summed E-state index contributed by atoms with van der Waals surface area (Å²) in [6.07, 6.45) is 3.13. The van der Waals surface area contributed by atoms with E-state index < -0.39 is 0 Å². The van der Waals surface area contributed by atoms with Gasteiger partial charge in [-0.1, -0.05) is 6.07 Å². The van der Waals surface area contributed by atoms with E-state index >= 15 is 0 Å². The van der Waals surface area contributed by atoms with Crippen molar-refractivity contribution < 1.29 is 4.79 Å². The van der Waals surface area contributed by atoms with Crippen LogP contribution in [0.15, 0.2) is 17.5 Å². The normalized spacial score (nSPS) is 10.8. The predicted molar refractivity (Wildman–Crippen MR) is 77.6 cm³/mol. The minimum absolute atomic E-state index is 0.306. The number of hydrogen-bond acceptors (Lipinski definition) is 4. The maximum atomic E-state index is 11.8. The Hall–Kier alpha value is -1.00. The van der Waals surface area contributed by atoms with Crippen LogP contribution >= 0.6 is 22.7 Å². The molecule has 96 valence electrons. The van der Waals surface area contributed by atoms with Gasteiger partial charge in [-0.05, 0) is 38.1 Å². The number of rotatable bonds is 6. The van der Waals surface area contributed by atoms with Crippen molar-refractivity contribution in [1.82, 2.24) is 4.98 Å². The van der Waals surface area contributed by atoms with E-state index in [0.717, 1.165) is 23.5 Å². The van der Waals surface area contributed by atoms with Crippen molar-refractivity contribution in [3.63, 3.8) is 0 Å². The molecule has 2 heterocycles. The van der Waals surface area contributed by atoms with Crippen LogP contribution in [0.5, 0.6) is 0 Å². The largest absolute Gasteiger partial charge is 0.299 e. The van der Waals surface area contributed by atoms with Crippen LogP contribution in [0.4, 0.5) is 0 Å². The van der Waals surface area contributed by atoms with Crippen molar-refractivity contribution in [3.05, 3.63) is 38.0 Å². The molecule has 0 bridgehead atoms. The molecular weight excluding hydrogens is 262 g/mol. The van der Waals surface area contributed by atoms with E-state index in [9.17, 15) is 4.79 Å². The first-order chi connectivity index (χ1) is 8.65. The first-order valence-electron chi connectivity index (χ1n) is 6.12. The molecule has 0 amide bonds. The zero-order valence-corrected chi connectivity index (χ0v) is 12.4. The second-order valence-corrected chi connectivity index (χ2v) is 6.72. The van der Waals surface area contributed by atoms with Crippen molar-refractivity contribution in [2.45, 2.75) is 39.5 Å². The number of aromatic nitrogens is 1. The third-order valence-electron chi connectivity index (χ3n) is 2.88. The van der Waals surface area contributed by atoms with E-state index in [-0.39, 0.29) is 0 Å². The molecule has 2 rings (SSSR count). The number of ketones is 1. The molecule has 0 saturated heterocycles. The maximum Gasteiger partial charge on any atom is 0.139 e. The highest BCUT2D eigenvalue weighted by molar-refractivity contribution is 7.11.